The second-order valence-electron chi connectivity index (χ2n) is 13.5. The molecule has 1 saturated heterocycles. The Kier molecular flexibility index (Phi) is 9.95. The van der Waals surface area contributed by atoms with Crippen molar-refractivity contribution in [2.75, 3.05) is 34.6 Å². The zero-order chi connectivity index (χ0) is 36.5. The summed E-state index contributed by atoms with van der Waals surface area (Å²) in [4.78, 5) is 30.8. The lowest BCUT2D eigenvalue weighted by atomic mass is 9.96. The second-order valence-corrected chi connectivity index (χ2v) is 15.8. The van der Waals surface area contributed by atoms with E-state index in [9.17, 15) is 35.1 Å². The van der Waals surface area contributed by atoms with Gasteiger partial charge in [0, 0.05) is 72.4 Å². The van der Waals surface area contributed by atoms with Gasteiger partial charge < -0.3 is 44.8 Å². The Hall–Kier alpha value is -3.14. The van der Waals surface area contributed by atoms with Crippen LogP contribution >= 0.6 is 45.9 Å². The lowest BCUT2D eigenvalue weighted by Crippen LogP contribution is -2.59. The molecule has 0 unspecified atom stereocenters. The Morgan fingerprint density at radius 2 is 1.41 bits per heavy atom. The van der Waals surface area contributed by atoms with Crippen molar-refractivity contribution >= 4 is 89.2 Å². The first-order chi connectivity index (χ1) is 24.4. The first-order valence-electron chi connectivity index (χ1n) is 16.6. The molecule has 2 aromatic carbocycles. The number of fused-ring (bicyclic) bond motifs is 6. The number of rotatable bonds is 9. The molecule has 1 fully saturated rings. The van der Waals surface area contributed by atoms with Gasteiger partial charge in [0.15, 0.2) is 0 Å². The van der Waals surface area contributed by atoms with Gasteiger partial charge >= 0.3 is 0 Å². The smallest absolute Gasteiger partial charge is 0.229 e. The number of thiophene rings is 2. The third-order valence-corrected chi connectivity index (χ3v) is 13.1. The van der Waals surface area contributed by atoms with E-state index in [-0.39, 0.29) is 60.3 Å². The summed E-state index contributed by atoms with van der Waals surface area (Å²) in [5.74, 6) is -0.150. The fourth-order valence-electron chi connectivity index (χ4n) is 7.64. The van der Waals surface area contributed by atoms with Crippen LogP contribution in [0.15, 0.2) is 35.2 Å². The molecule has 51 heavy (non-hydrogen) atoms. The van der Waals surface area contributed by atoms with E-state index in [0.717, 1.165) is 42.4 Å². The minimum atomic E-state index is -1.68. The third-order valence-electron chi connectivity index (χ3n) is 10.1. The van der Waals surface area contributed by atoms with E-state index in [2.05, 4.69) is 6.58 Å². The molecule has 0 bridgehead atoms. The Morgan fingerprint density at radius 3 is 1.96 bits per heavy atom. The molecule has 272 valence electrons. The van der Waals surface area contributed by atoms with Gasteiger partial charge in [0.2, 0.25) is 18.1 Å². The quantitative estimate of drug-likeness (QED) is 0.103. The summed E-state index contributed by atoms with van der Waals surface area (Å²) in [5.41, 5.74) is 5.08. The van der Waals surface area contributed by atoms with Gasteiger partial charge in [-0.1, -0.05) is 6.58 Å². The van der Waals surface area contributed by atoms with Crippen LogP contribution in [0.5, 0.6) is 11.5 Å². The molecule has 2 amide bonds. The molecule has 15 heteroatoms. The van der Waals surface area contributed by atoms with Crippen molar-refractivity contribution in [3.05, 3.63) is 57.5 Å². The van der Waals surface area contributed by atoms with E-state index in [1.807, 2.05) is 24.6 Å². The molecule has 0 saturated carbocycles. The molecule has 4 aromatic rings. The lowest BCUT2D eigenvalue weighted by Gasteiger charge is -2.39. The summed E-state index contributed by atoms with van der Waals surface area (Å²) in [6.45, 7) is 8.05. The van der Waals surface area contributed by atoms with E-state index in [4.69, 9.17) is 32.7 Å². The highest BCUT2D eigenvalue weighted by Crippen LogP contribution is 2.50. The Bertz CT molecular complexity index is 2050. The fraction of sp³-hybridized carbons (Fsp3) is 0.444. The summed E-state index contributed by atoms with van der Waals surface area (Å²) in [7, 11) is 0. The number of alkyl halides is 2. The average molecular weight is 778 g/mol. The highest BCUT2D eigenvalue weighted by molar-refractivity contribution is 7.18. The largest absolute Gasteiger partial charge is 0.510 e. The molecule has 0 aliphatic carbocycles. The van der Waals surface area contributed by atoms with Gasteiger partial charge in [-0.05, 0) is 53.3 Å². The number of benzene rings is 2. The number of carbonyl (C=O) groups excluding carboxylic acids is 2. The highest BCUT2D eigenvalue weighted by atomic mass is 35.5. The molecule has 3 aliphatic heterocycles. The molecule has 7 rings (SSSR count). The van der Waals surface area contributed by atoms with E-state index < -0.39 is 36.5 Å². The van der Waals surface area contributed by atoms with Crippen LogP contribution in [0.4, 0.5) is 11.4 Å². The van der Waals surface area contributed by atoms with Gasteiger partial charge in [-0.2, -0.15) is 0 Å². The van der Waals surface area contributed by atoms with Crippen LogP contribution in [-0.4, -0.2) is 92.9 Å². The van der Waals surface area contributed by atoms with Crippen LogP contribution in [0.1, 0.15) is 53.4 Å². The highest BCUT2D eigenvalue weighted by Gasteiger charge is 2.47. The first-order valence-corrected chi connectivity index (χ1v) is 19.4. The van der Waals surface area contributed by atoms with Gasteiger partial charge in [-0.15, -0.1) is 45.9 Å². The van der Waals surface area contributed by atoms with Crippen molar-refractivity contribution in [1.82, 2.24) is 0 Å². The Balaban J connectivity index is 1.11. The minimum absolute atomic E-state index is 0.0761. The monoisotopic (exact) mass is 776 g/mol. The molecule has 7 atom stereocenters. The number of hydrogen-bond donors (Lipinski definition) is 5. The molecular formula is C36H38Cl2N2O9S2. The minimum Gasteiger partial charge on any atom is -0.510 e. The number of amides is 2. The number of anilines is 2. The number of aliphatic hydroxyl groups is 4. The van der Waals surface area contributed by atoms with Gasteiger partial charge in [0.25, 0.3) is 0 Å². The van der Waals surface area contributed by atoms with Crippen molar-refractivity contribution in [3.8, 4) is 11.5 Å². The van der Waals surface area contributed by atoms with Crippen molar-refractivity contribution in [2.24, 2.45) is 0 Å². The fourth-order valence-corrected chi connectivity index (χ4v) is 10.1. The summed E-state index contributed by atoms with van der Waals surface area (Å²) in [6, 6.07) is 3.33. The number of aliphatic hydroxyl groups excluding tert-OH is 4. The molecule has 11 nitrogen and oxygen atoms in total. The molecule has 0 spiro atoms. The van der Waals surface area contributed by atoms with Gasteiger partial charge in [0.05, 0.1) is 20.8 Å². The number of aromatic hydroxyl groups is 1. The van der Waals surface area contributed by atoms with Crippen LogP contribution in [0.3, 0.4) is 0 Å². The van der Waals surface area contributed by atoms with Gasteiger partial charge in [0.1, 0.15) is 41.7 Å². The molecular weight excluding hydrogens is 739 g/mol. The van der Waals surface area contributed by atoms with Gasteiger partial charge in [-0.3, -0.25) is 9.59 Å². The van der Waals surface area contributed by atoms with E-state index in [1.54, 1.807) is 21.9 Å². The maximum absolute atomic E-state index is 13.9. The van der Waals surface area contributed by atoms with Crippen molar-refractivity contribution in [2.45, 2.75) is 75.7 Å². The zero-order valence-electron chi connectivity index (χ0n) is 27.8. The normalized spacial score (nSPS) is 25.8. The summed E-state index contributed by atoms with van der Waals surface area (Å²) in [6.07, 6.45) is -7.35. The topological polar surface area (TPSA) is 160 Å². The standard InChI is InChI=1S/C36H38Cl2N2O9S2/c1-15-13-50-34-22(42)7-20-28(26(15)34)18(9-37)11-39(20)24(43)5-4-6-25(44)40-12-19(10-38)29-21(40)8-23(35-27(29)16(2)14-51-35)48-36-32(47)30(45)31(46)33(49-36)17(3)41/h7-8,13-14,18-19,30-33,36,41-42,45-47H,3-6,9-12H2,1-2H3/t18-,19-,30+,31+,32-,33-,36-/m1/s1. The van der Waals surface area contributed by atoms with Crippen molar-refractivity contribution in [3.63, 3.8) is 0 Å². The number of carbonyl (C=O) groups is 2. The SMILES string of the molecule is C=C(O)[C@H]1O[C@@H](Oc2cc3c(c4c(C)csc24)[C@H](CCl)CN3C(=O)CCCC(=O)N2C[C@@H](CCl)c3c2cc(O)c2scc(C)c32)[C@H](O)[C@@H](O)[C@@H]1O. The van der Waals surface area contributed by atoms with Crippen molar-refractivity contribution in [1.29, 1.82) is 0 Å². The maximum Gasteiger partial charge on any atom is 0.229 e. The number of hydrogen-bond acceptors (Lipinski definition) is 11. The number of halogens is 2. The number of aryl methyl sites for hydroxylation is 2. The summed E-state index contributed by atoms with van der Waals surface area (Å²) >= 11 is 15.7. The number of phenols is 1. The van der Waals surface area contributed by atoms with E-state index in [0.29, 0.717) is 30.3 Å². The second kappa shape index (κ2) is 14.0. The van der Waals surface area contributed by atoms with Crippen LogP contribution in [0, 0.1) is 13.8 Å². The third kappa shape index (κ3) is 6.05. The van der Waals surface area contributed by atoms with Crippen LogP contribution < -0.4 is 14.5 Å². The predicted octanol–water partition coefficient (Wildman–Crippen LogP) is 5.91. The van der Waals surface area contributed by atoms with E-state index >= 15 is 0 Å². The lowest BCUT2D eigenvalue weighted by molar-refractivity contribution is -0.268. The predicted molar refractivity (Wildman–Crippen MR) is 199 cm³/mol. The number of phenolic OH excluding ortho intramolecular Hbond substituents is 1. The number of ether oxygens (including phenoxy) is 2. The average Bonchev–Trinajstić information content (AvgIpc) is 3.87. The molecule has 3 aliphatic rings. The van der Waals surface area contributed by atoms with Crippen LogP contribution in [-0.2, 0) is 14.3 Å². The molecule has 5 N–H and O–H groups in total. The Morgan fingerprint density at radius 1 is 0.882 bits per heavy atom. The van der Waals surface area contributed by atoms with E-state index in [1.165, 1.54) is 22.7 Å². The maximum atomic E-state index is 13.9. The Labute approximate surface area is 311 Å². The summed E-state index contributed by atoms with van der Waals surface area (Å²) < 4.78 is 13.3. The van der Waals surface area contributed by atoms with Crippen LogP contribution in [0.25, 0.3) is 20.2 Å². The molecule has 5 heterocycles. The first kappa shape index (κ1) is 36.2. The van der Waals surface area contributed by atoms with Gasteiger partial charge in [-0.25, -0.2) is 0 Å². The molecule has 2 aromatic heterocycles. The number of nitrogens with zero attached hydrogens (tertiary/aromatic N) is 2. The zero-order valence-corrected chi connectivity index (χ0v) is 31.0. The summed E-state index contributed by atoms with van der Waals surface area (Å²) in [5, 5.41) is 58.0. The van der Waals surface area contributed by atoms with Crippen LogP contribution in [0.2, 0.25) is 0 Å². The molecule has 0 radical (unpaired) electrons. The van der Waals surface area contributed by atoms with Crippen molar-refractivity contribution < 1.29 is 44.6 Å².